The van der Waals surface area contributed by atoms with Gasteiger partial charge in [-0.1, -0.05) is 13.8 Å². The lowest BCUT2D eigenvalue weighted by Gasteiger charge is -2.16. The van der Waals surface area contributed by atoms with Crippen LogP contribution < -0.4 is 0 Å². The molecule has 0 aliphatic rings. The Morgan fingerprint density at radius 2 is 2.10 bits per heavy atom. The molecule has 0 bridgehead atoms. The second-order valence-electron chi connectivity index (χ2n) is 2.57. The first kappa shape index (κ1) is 10.9. The van der Waals surface area contributed by atoms with Crippen LogP contribution in [0.3, 0.4) is 0 Å². The van der Waals surface area contributed by atoms with E-state index in [-0.39, 0.29) is 0 Å². The highest BCUT2D eigenvalue weighted by atomic mass is 127. The molecule has 10 heavy (non-hydrogen) atoms. The quantitative estimate of drug-likeness (QED) is 0.318. The maximum atomic E-state index is 4.05. The van der Waals surface area contributed by atoms with Gasteiger partial charge in [0.1, 0.15) is 5.84 Å². The third-order valence-electron chi connectivity index (χ3n) is 0.999. The van der Waals surface area contributed by atoms with Crippen molar-refractivity contribution in [2.24, 2.45) is 9.12 Å². The number of nitrogens with zero attached hydrogens (tertiary/aromatic N) is 2. The standard InChI is InChI=1S/C6H12I2N2/c1-5(2)4-10(8)6(3)9-7/h5H,4H2,1-3H3. The van der Waals surface area contributed by atoms with Crippen molar-refractivity contribution in [1.82, 2.24) is 3.11 Å². The molecule has 0 aromatic carbocycles. The topological polar surface area (TPSA) is 15.6 Å². The third-order valence-corrected chi connectivity index (χ3v) is 2.79. The molecule has 0 radical (unpaired) electrons. The Hall–Kier alpha value is 0.930. The lowest BCUT2D eigenvalue weighted by atomic mass is 10.2. The van der Waals surface area contributed by atoms with Gasteiger partial charge < -0.3 is 3.11 Å². The van der Waals surface area contributed by atoms with E-state index in [1.807, 2.05) is 29.8 Å². The van der Waals surface area contributed by atoms with E-state index in [0.29, 0.717) is 5.92 Å². The lowest BCUT2D eigenvalue weighted by molar-refractivity contribution is 0.546. The van der Waals surface area contributed by atoms with Crippen LogP contribution in [0, 0.1) is 5.92 Å². The smallest absolute Gasteiger partial charge is 0.116 e. The second kappa shape index (κ2) is 5.56. The van der Waals surface area contributed by atoms with E-state index in [9.17, 15) is 0 Å². The third kappa shape index (κ3) is 4.70. The summed E-state index contributed by atoms with van der Waals surface area (Å²) in [6.45, 7) is 7.48. The zero-order valence-corrected chi connectivity index (χ0v) is 10.7. The van der Waals surface area contributed by atoms with Crippen molar-refractivity contribution in [2.75, 3.05) is 6.54 Å². The number of halogens is 2. The molecular formula is C6H12I2N2. The van der Waals surface area contributed by atoms with Gasteiger partial charge >= 0.3 is 0 Å². The van der Waals surface area contributed by atoms with Gasteiger partial charge in [-0.25, -0.2) is 3.21 Å². The maximum absolute atomic E-state index is 4.05. The number of rotatable bonds is 2. The van der Waals surface area contributed by atoms with Crippen LogP contribution in [0.2, 0.25) is 0 Å². The minimum Gasteiger partial charge on any atom is -0.302 e. The fourth-order valence-electron chi connectivity index (χ4n) is 0.494. The van der Waals surface area contributed by atoms with Gasteiger partial charge in [-0.3, -0.25) is 0 Å². The summed E-state index contributed by atoms with van der Waals surface area (Å²) in [5, 5.41) is 0. The van der Waals surface area contributed by atoms with Gasteiger partial charge in [-0.2, -0.15) is 0 Å². The number of hydrogen-bond donors (Lipinski definition) is 0. The van der Waals surface area contributed by atoms with Gasteiger partial charge in [0.05, 0.1) is 45.7 Å². The summed E-state index contributed by atoms with van der Waals surface area (Å²) in [6.07, 6.45) is 0. The van der Waals surface area contributed by atoms with Crippen LogP contribution in [0.15, 0.2) is 3.21 Å². The number of amidine groups is 1. The molecule has 2 nitrogen and oxygen atoms in total. The minimum absolute atomic E-state index is 0.699. The van der Waals surface area contributed by atoms with Crippen molar-refractivity contribution in [3.63, 3.8) is 0 Å². The van der Waals surface area contributed by atoms with Crippen LogP contribution in [0.1, 0.15) is 20.8 Å². The first-order valence-corrected chi connectivity index (χ1v) is 5.09. The van der Waals surface area contributed by atoms with Crippen molar-refractivity contribution < 1.29 is 0 Å². The van der Waals surface area contributed by atoms with Gasteiger partial charge in [0.2, 0.25) is 0 Å². The zero-order chi connectivity index (χ0) is 8.15. The zero-order valence-electron chi connectivity index (χ0n) is 6.43. The average molecular weight is 366 g/mol. The van der Waals surface area contributed by atoms with Gasteiger partial charge in [0.25, 0.3) is 0 Å². The van der Waals surface area contributed by atoms with Crippen molar-refractivity contribution >= 4 is 51.6 Å². The van der Waals surface area contributed by atoms with Crippen LogP contribution in [-0.4, -0.2) is 15.5 Å². The maximum Gasteiger partial charge on any atom is 0.116 e. The molecule has 0 heterocycles. The summed E-state index contributed by atoms with van der Waals surface area (Å²) in [4.78, 5) is 0. The minimum atomic E-state index is 0.699. The van der Waals surface area contributed by atoms with E-state index in [4.69, 9.17) is 0 Å². The molecule has 0 aliphatic heterocycles. The van der Waals surface area contributed by atoms with E-state index < -0.39 is 0 Å². The van der Waals surface area contributed by atoms with E-state index in [1.54, 1.807) is 0 Å². The molecule has 0 saturated heterocycles. The van der Waals surface area contributed by atoms with Crippen LogP contribution in [-0.2, 0) is 0 Å². The van der Waals surface area contributed by atoms with Gasteiger partial charge in [-0.05, 0) is 12.8 Å². The molecule has 0 spiro atoms. The van der Waals surface area contributed by atoms with Crippen LogP contribution in [0.25, 0.3) is 0 Å². The number of hydrogen-bond acceptors (Lipinski definition) is 1. The van der Waals surface area contributed by atoms with Crippen LogP contribution in [0.5, 0.6) is 0 Å². The summed E-state index contributed by atoms with van der Waals surface area (Å²) < 4.78 is 6.18. The molecule has 4 heteroatoms. The Morgan fingerprint density at radius 1 is 1.60 bits per heavy atom. The Bertz CT molecular complexity index is 123. The van der Waals surface area contributed by atoms with Crippen molar-refractivity contribution in [1.29, 1.82) is 0 Å². The second-order valence-corrected chi connectivity index (χ2v) is 4.22. The molecule has 0 fully saturated rings. The first-order valence-electron chi connectivity index (χ1n) is 3.16. The average Bonchev–Trinajstić information content (AvgIpc) is 1.85. The Labute approximate surface area is 90.5 Å². The molecular weight excluding hydrogens is 354 g/mol. The van der Waals surface area contributed by atoms with E-state index in [2.05, 4.69) is 43.0 Å². The fourth-order valence-corrected chi connectivity index (χ4v) is 2.06. The predicted octanol–water partition coefficient (Wildman–Crippen LogP) is 3.06. The molecule has 0 saturated carbocycles. The van der Waals surface area contributed by atoms with Crippen molar-refractivity contribution in [3.8, 4) is 0 Å². The molecule has 0 atom stereocenters. The molecule has 0 aliphatic carbocycles. The molecule has 0 amide bonds. The lowest BCUT2D eigenvalue weighted by Crippen LogP contribution is -2.21. The molecule has 60 valence electrons. The summed E-state index contributed by atoms with van der Waals surface area (Å²) >= 11 is 4.30. The van der Waals surface area contributed by atoms with E-state index >= 15 is 0 Å². The molecule has 0 unspecified atom stereocenters. The molecule has 0 rings (SSSR count). The summed E-state index contributed by atoms with van der Waals surface area (Å²) in [6, 6.07) is 0. The molecule has 0 aromatic rings. The molecule has 0 aromatic heterocycles. The van der Waals surface area contributed by atoms with Crippen LogP contribution in [0.4, 0.5) is 0 Å². The van der Waals surface area contributed by atoms with Gasteiger partial charge in [-0.15, -0.1) is 0 Å². The van der Waals surface area contributed by atoms with Crippen molar-refractivity contribution in [2.45, 2.75) is 20.8 Å². The first-order chi connectivity index (χ1) is 4.57. The largest absolute Gasteiger partial charge is 0.302 e. The summed E-state index contributed by atoms with van der Waals surface area (Å²) in [7, 11) is 0. The SMILES string of the molecule is CC(=NI)N(I)CC(C)C. The van der Waals surface area contributed by atoms with Gasteiger partial charge in [0.15, 0.2) is 0 Å². The van der Waals surface area contributed by atoms with E-state index in [0.717, 1.165) is 12.4 Å². The summed E-state index contributed by atoms with van der Waals surface area (Å²) in [5.74, 6) is 1.78. The van der Waals surface area contributed by atoms with Crippen molar-refractivity contribution in [3.05, 3.63) is 0 Å². The predicted molar refractivity (Wildman–Crippen MR) is 62.7 cm³/mol. The van der Waals surface area contributed by atoms with Crippen LogP contribution >= 0.6 is 45.7 Å². The highest BCUT2D eigenvalue weighted by Gasteiger charge is 2.03. The molecule has 0 N–H and O–H groups in total. The normalized spacial score (nSPS) is 12.4. The van der Waals surface area contributed by atoms with Gasteiger partial charge in [0, 0.05) is 6.54 Å². The highest BCUT2D eigenvalue weighted by molar-refractivity contribution is 14.1. The summed E-state index contributed by atoms with van der Waals surface area (Å²) in [5.41, 5.74) is 0. The Kier molecular flexibility index (Phi) is 6.08. The highest BCUT2D eigenvalue weighted by Crippen LogP contribution is 2.07. The monoisotopic (exact) mass is 366 g/mol. The Balaban J connectivity index is 3.73. The van der Waals surface area contributed by atoms with E-state index in [1.165, 1.54) is 0 Å². The fraction of sp³-hybridized carbons (Fsp3) is 0.833. The Morgan fingerprint density at radius 3 is 2.40 bits per heavy atom.